The molecular formula is C60H56Cl3O4P3. The fraction of sp³-hybridized carbons (Fsp3) is 0.100. The Balaban J connectivity index is 0.000000198. The number of benzene rings is 9. The molecule has 356 valence electrons. The maximum absolute atomic E-state index is 8.14. The van der Waals surface area contributed by atoms with Gasteiger partial charge in [-0.05, 0) is 0 Å². The summed E-state index contributed by atoms with van der Waals surface area (Å²) in [6.45, 7) is 2.06. The second kappa shape index (κ2) is 21.4. The molecule has 0 aliphatic carbocycles. The third-order valence-electron chi connectivity index (χ3n) is 13.2. The van der Waals surface area contributed by atoms with Gasteiger partial charge in [-0.3, -0.25) is 0 Å². The first-order valence-corrected chi connectivity index (χ1v) is 32.8. The van der Waals surface area contributed by atoms with Gasteiger partial charge in [0.1, 0.15) is 0 Å². The quantitative estimate of drug-likeness (QED) is 0.0757. The monoisotopic (exact) mass is 1040 g/mol. The normalized spacial score (nSPS) is 15.8. The number of hydrogen-bond donors (Lipinski definition) is 0. The van der Waals surface area contributed by atoms with Crippen LogP contribution < -0.4 is 47.7 Å². The van der Waals surface area contributed by atoms with Crippen molar-refractivity contribution < 1.29 is 18.5 Å². The zero-order valence-corrected chi connectivity index (χ0v) is 43.7. The standard InChI is InChI=1S/C38H34Cl2O2P2.C22H22ClO2P/c39-43(33-19-7-1-8-20-33,34-21-9-2-10-22-34,35-23-11-3-12-24-35)41-31-32-42-44(40,36-25-13-4-14-26-36,37-27-15-5-16-28-37)38-29-17-6-18-30-38;23-26(19-10-4-1-5-11-19,20-12-6-2-7-13-20,21-14-8-3-9-15-21)22-18-24-16-17-25-22/h1-30H,31-32H2;1-15,22H,16-18H2. The molecule has 9 aromatic rings. The molecule has 1 saturated heterocycles. The molecule has 0 amide bonds. The van der Waals surface area contributed by atoms with Crippen LogP contribution in [0.5, 0.6) is 0 Å². The van der Waals surface area contributed by atoms with Crippen LogP contribution in [0.15, 0.2) is 273 Å². The summed E-state index contributed by atoms with van der Waals surface area (Å²) >= 11 is 24.3. The van der Waals surface area contributed by atoms with Gasteiger partial charge in [0.25, 0.3) is 0 Å². The van der Waals surface area contributed by atoms with Gasteiger partial charge >= 0.3 is 430 Å². The molecule has 1 unspecified atom stereocenters. The second-order valence-corrected chi connectivity index (χ2v) is 34.6. The fourth-order valence-corrected chi connectivity index (χ4v) is 26.3. The van der Waals surface area contributed by atoms with Crippen LogP contribution in [0.2, 0.25) is 0 Å². The average Bonchev–Trinajstić information content (AvgIpc) is 3.46. The van der Waals surface area contributed by atoms with Gasteiger partial charge in [0.05, 0.1) is 0 Å². The minimum absolute atomic E-state index is 0.205. The van der Waals surface area contributed by atoms with E-state index in [1.807, 2.05) is 127 Å². The van der Waals surface area contributed by atoms with E-state index >= 15 is 0 Å². The van der Waals surface area contributed by atoms with Crippen molar-refractivity contribution in [1.29, 1.82) is 0 Å². The van der Waals surface area contributed by atoms with Crippen LogP contribution in [0.25, 0.3) is 0 Å². The first-order valence-electron chi connectivity index (χ1n) is 23.4. The second-order valence-electron chi connectivity index (χ2n) is 17.0. The molecule has 9 aromatic carbocycles. The van der Waals surface area contributed by atoms with E-state index in [-0.39, 0.29) is 19.1 Å². The minimum atomic E-state index is -3.94. The molecule has 1 aliphatic heterocycles. The van der Waals surface area contributed by atoms with Crippen LogP contribution in [-0.2, 0) is 18.5 Å². The van der Waals surface area contributed by atoms with E-state index in [4.69, 9.17) is 52.2 Å². The molecule has 4 nitrogen and oxygen atoms in total. The molecule has 10 heteroatoms. The van der Waals surface area contributed by atoms with Gasteiger partial charge in [0, 0.05) is 0 Å². The molecule has 0 aromatic heterocycles. The predicted molar refractivity (Wildman–Crippen MR) is 305 cm³/mol. The van der Waals surface area contributed by atoms with Crippen molar-refractivity contribution in [2.45, 2.75) is 5.85 Å². The van der Waals surface area contributed by atoms with Crippen LogP contribution in [0.1, 0.15) is 0 Å². The van der Waals surface area contributed by atoms with Crippen molar-refractivity contribution in [3.8, 4) is 0 Å². The zero-order valence-electron chi connectivity index (χ0n) is 38.7. The van der Waals surface area contributed by atoms with Gasteiger partial charge in [0.15, 0.2) is 0 Å². The molecule has 0 saturated carbocycles. The number of rotatable bonds is 15. The number of ether oxygens (including phenoxy) is 2. The summed E-state index contributed by atoms with van der Waals surface area (Å²) in [5.41, 5.74) is 0. The molecular weight excluding hydrogens is 984 g/mol. The first kappa shape index (κ1) is 49.9. The summed E-state index contributed by atoms with van der Waals surface area (Å²) in [4.78, 5) is 0. The maximum atomic E-state index is 8.14. The van der Waals surface area contributed by atoms with Crippen LogP contribution in [0.4, 0.5) is 0 Å². The van der Waals surface area contributed by atoms with Gasteiger partial charge in [-0.2, -0.15) is 0 Å². The Bertz CT molecular complexity index is 2600. The van der Waals surface area contributed by atoms with Gasteiger partial charge in [0.2, 0.25) is 0 Å². The van der Waals surface area contributed by atoms with E-state index in [1.165, 1.54) is 0 Å². The number of hydrogen-bond acceptors (Lipinski definition) is 4. The van der Waals surface area contributed by atoms with Crippen molar-refractivity contribution in [2.24, 2.45) is 0 Å². The van der Waals surface area contributed by atoms with E-state index in [0.717, 1.165) is 47.7 Å². The summed E-state index contributed by atoms with van der Waals surface area (Å²) in [7, 11) is 0. The van der Waals surface area contributed by atoms with E-state index in [2.05, 4.69) is 146 Å². The third kappa shape index (κ3) is 8.78. The summed E-state index contributed by atoms with van der Waals surface area (Å²) in [6, 6.07) is 92.0. The topological polar surface area (TPSA) is 36.9 Å². The van der Waals surface area contributed by atoms with Crippen molar-refractivity contribution in [3.05, 3.63) is 273 Å². The molecule has 1 aliphatic rings. The molecule has 1 heterocycles. The predicted octanol–water partition coefficient (Wildman–Crippen LogP) is 12.3. The molecule has 10 rings (SSSR count). The van der Waals surface area contributed by atoms with Crippen molar-refractivity contribution >= 4 is 99.8 Å². The fourth-order valence-electron chi connectivity index (χ4n) is 9.78. The van der Waals surface area contributed by atoms with E-state index in [9.17, 15) is 0 Å². The molecule has 0 radical (unpaired) electrons. The van der Waals surface area contributed by atoms with Crippen LogP contribution in [0.3, 0.4) is 0 Å². The Morgan fingerprint density at radius 3 is 0.729 bits per heavy atom. The molecule has 1 fully saturated rings. The van der Waals surface area contributed by atoms with E-state index in [0.29, 0.717) is 19.8 Å². The summed E-state index contributed by atoms with van der Waals surface area (Å²) in [5.74, 6) is -3.65. The Morgan fingerprint density at radius 2 is 0.529 bits per heavy atom. The van der Waals surface area contributed by atoms with Gasteiger partial charge in [-0.15, -0.1) is 0 Å². The van der Waals surface area contributed by atoms with Crippen LogP contribution in [0, 0.1) is 0 Å². The zero-order chi connectivity index (χ0) is 48.3. The molecule has 1 atom stereocenters. The van der Waals surface area contributed by atoms with Gasteiger partial charge in [-0.1, -0.05) is 0 Å². The van der Waals surface area contributed by atoms with Crippen LogP contribution in [-0.4, -0.2) is 38.9 Å². The SMILES string of the molecule is ClP(OCCOP(Cl)(c1ccccc1)(c1ccccc1)c1ccccc1)(c1ccccc1)(c1ccccc1)c1ccccc1.ClP(c1ccccc1)(c1ccccc1)(c1ccccc1)C1COCCO1. The summed E-state index contributed by atoms with van der Waals surface area (Å²) < 4.78 is 26.5. The molecule has 0 spiro atoms. The van der Waals surface area contributed by atoms with E-state index in [1.54, 1.807) is 0 Å². The number of halogens is 3. The summed E-state index contributed by atoms with van der Waals surface area (Å²) in [5, 5.41) is 8.87. The van der Waals surface area contributed by atoms with Crippen LogP contribution >= 0.6 is 52.0 Å². The van der Waals surface area contributed by atoms with Gasteiger partial charge in [-0.25, -0.2) is 0 Å². The Labute approximate surface area is 427 Å². The van der Waals surface area contributed by atoms with Gasteiger partial charge < -0.3 is 0 Å². The summed E-state index contributed by atoms with van der Waals surface area (Å²) in [6.07, 6.45) is -7.88. The van der Waals surface area contributed by atoms with E-state index < -0.39 is 18.3 Å². The molecule has 0 bridgehead atoms. The van der Waals surface area contributed by atoms with Crippen molar-refractivity contribution in [2.75, 3.05) is 33.0 Å². The Hall–Kier alpha value is -5.02. The molecule has 0 N–H and O–H groups in total. The average molecular weight is 1040 g/mol. The van der Waals surface area contributed by atoms with Crippen molar-refractivity contribution in [3.63, 3.8) is 0 Å². The third-order valence-corrected chi connectivity index (χ3v) is 33.6. The van der Waals surface area contributed by atoms with Crippen molar-refractivity contribution in [1.82, 2.24) is 0 Å². The Morgan fingerprint density at radius 1 is 0.314 bits per heavy atom. The molecule has 70 heavy (non-hydrogen) atoms. The Kier molecular flexibility index (Phi) is 15.2. The first-order chi connectivity index (χ1) is 34.2.